The average molecular weight is 357 g/mol. The van der Waals surface area contributed by atoms with Crippen molar-refractivity contribution in [3.63, 3.8) is 0 Å². The molecule has 6 heteroatoms. The number of hydrogen-bond acceptors (Lipinski definition) is 6. The van der Waals surface area contributed by atoms with E-state index >= 15 is 0 Å². The molecule has 0 aliphatic heterocycles. The number of benzene rings is 1. The van der Waals surface area contributed by atoms with E-state index < -0.39 is 0 Å². The second-order valence-corrected chi connectivity index (χ2v) is 5.50. The third kappa shape index (κ3) is 7.65. The summed E-state index contributed by atoms with van der Waals surface area (Å²) in [5.41, 5.74) is 8.57. The lowest BCUT2D eigenvalue weighted by atomic mass is 10.1. The Kier molecular flexibility index (Phi) is 9.21. The van der Waals surface area contributed by atoms with E-state index in [4.69, 9.17) is 19.9 Å². The van der Waals surface area contributed by atoms with Gasteiger partial charge in [0.15, 0.2) is 0 Å². The molecule has 2 rings (SSSR count). The molecule has 0 bridgehead atoms. The van der Waals surface area contributed by atoms with Crippen LogP contribution in [0.1, 0.15) is 11.1 Å². The Morgan fingerprint density at radius 1 is 0.885 bits per heavy atom. The van der Waals surface area contributed by atoms with Gasteiger partial charge >= 0.3 is 0 Å². The number of rotatable bonds is 12. The zero-order valence-corrected chi connectivity index (χ0v) is 15.2. The molecule has 0 radical (unpaired) electrons. The zero-order valence-electron chi connectivity index (χ0n) is 15.2. The minimum absolute atomic E-state index is 0.455. The number of ether oxygens (including phenoxy) is 3. The van der Waals surface area contributed by atoms with E-state index in [2.05, 4.69) is 28.5 Å². The monoisotopic (exact) mass is 357 g/mol. The van der Waals surface area contributed by atoms with Gasteiger partial charge in [-0.1, -0.05) is 24.3 Å². The highest BCUT2D eigenvalue weighted by molar-refractivity contribution is 5.70. The summed E-state index contributed by atoms with van der Waals surface area (Å²) < 4.78 is 16.2. The van der Waals surface area contributed by atoms with Gasteiger partial charge in [-0.3, -0.25) is 0 Å². The highest BCUT2D eigenvalue weighted by Crippen LogP contribution is 2.13. The highest BCUT2D eigenvalue weighted by atomic mass is 16.5. The normalized spacial score (nSPS) is 11.0. The maximum atomic E-state index is 5.55. The molecule has 140 valence electrons. The predicted molar refractivity (Wildman–Crippen MR) is 105 cm³/mol. The molecule has 1 aromatic heterocycles. The van der Waals surface area contributed by atoms with Crippen LogP contribution in [0.5, 0.6) is 5.88 Å². The van der Waals surface area contributed by atoms with Gasteiger partial charge in [0.25, 0.3) is 0 Å². The third-order valence-corrected chi connectivity index (χ3v) is 3.54. The van der Waals surface area contributed by atoms with E-state index in [1.807, 2.05) is 37.4 Å². The van der Waals surface area contributed by atoms with Gasteiger partial charge in [0.2, 0.25) is 5.88 Å². The molecule has 0 atom stereocenters. The minimum Gasteiger partial charge on any atom is -0.475 e. The lowest BCUT2D eigenvalue weighted by molar-refractivity contribution is 0.0382. The highest BCUT2D eigenvalue weighted by Gasteiger charge is 1.96. The van der Waals surface area contributed by atoms with Crippen LogP contribution in [-0.2, 0) is 9.47 Å². The molecule has 0 unspecified atom stereocenters. The minimum atomic E-state index is 0.455. The van der Waals surface area contributed by atoms with E-state index in [-0.39, 0.29) is 0 Å². The van der Waals surface area contributed by atoms with Gasteiger partial charge in [0.1, 0.15) is 6.61 Å². The summed E-state index contributed by atoms with van der Waals surface area (Å²) in [4.78, 5) is 4.30. The number of pyridine rings is 1. The number of nitrogens with two attached hydrogens (primary N) is 1. The van der Waals surface area contributed by atoms with Gasteiger partial charge in [-0.25, -0.2) is 4.98 Å². The smallest absolute Gasteiger partial charge is 0.213 e. The van der Waals surface area contributed by atoms with Gasteiger partial charge in [-0.15, -0.1) is 0 Å². The molecule has 0 saturated heterocycles. The van der Waals surface area contributed by atoms with Gasteiger partial charge in [-0.2, -0.15) is 0 Å². The summed E-state index contributed by atoms with van der Waals surface area (Å²) in [7, 11) is 1.91. The summed E-state index contributed by atoms with van der Waals surface area (Å²) in [6, 6.07) is 12.0. The van der Waals surface area contributed by atoms with Crippen molar-refractivity contribution in [3.8, 4) is 5.88 Å². The Morgan fingerprint density at radius 3 is 2.19 bits per heavy atom. The van der Waals surface area contributed by atoms with Gasteiger partial charge in [0, 0.05) is 31.5 Å². The van der Waals surface area contributed by atoms with E-state index in [0.29, 0.717) is 45.5 Å². The summed E-state index contributed by atoms with van der Waals surface area (Å²) in [6.45, 7) is 3.13. The fourth-order valence-electron chi connectivity index (χ4n) is 2.14. The first-order valence-corrected chi connectivity index (χ1v) is 8.72. The molecule has 26 heavy (non-hydrogen) atoms. The molecule has 2 aromatic rings. The van der Waals surface area contributed by atoms with E-state index in [9.17, 15) is 0 Å². The Bertz CT molecular complexity index is 642. The number of aromatic nitrogens is 1. The first-order valence-electron chi connectivity index (χ1n) is 8.72. The SMILES string of the molecule is CNc1ccc(/C=C/c2ccc(OCCOCCOCCN)nc2)cc1. The predicted octanol–water partition coefficient (Wildman–Crippen LogP) is 2.66. The molecule has 6 nitrogen and oxygen atoms in total. The Morgan fingerprint density at radius 2 is 1.54 bits per heavy atom. The molecule has 1 heterocycles. The average Bonchev–Trinajstić information content (AvgIpc) is 2.69. The summed E-state index contributed by atoms with van der Waals surface area (Å²) in [5.74, 6) is 0.587. The van der Waals surface area contributed by atoms with Crippen molar-refractivity contribution in [2.24, 2.45) is 5.73 Å². The lowest BCUT2D eigenvalue weighted by Gasteiger charge is -2.07. The number of hydrogen-bond donors (Lipinski definition) is 2. The standard InChI is InChI=1S/C20H27N3O3/c1-22-19-7-4-17(5-8-19)2-3-18-6-9-20(23-16-18)26-15-14-25-13-12-24-11-10-21/h2-9,16,22H,10-15,21H2,1H3/b3-2+. The van der Waals surface area contributed by atoms with Crippen molar-refractivity contribution in [2.45, 2.75) is 0 Å². The fourth-order valence-corrected chi connectivity index (χ4v) is 2.14. The first-order chi connectivity index (χ1) is 12.8. The van der Waals surface area contributed by atoms with Crippen molar-refractivity contribution in [2.75, 3.05) is 51.9 Å². The van der Waals surface area contributed by atoms with E-state index in [1.165, 1.54) is 0 Å². The molecular weight excluding hydrogens is 330 g/mol. The first kappa shape index (κ1) is 19.9. The van der Waals surface area contributed by atoms with Crippen molar-refractivity contribution in [1.29, 1.82) is 0 Å². The molecule has 0 aliphatic rings. The van der Waals surface area contributed by atoms with Crippen molar-refractivity contribution in [1.82, 2.24) is 4.98 Å². The van der Waals surface area contributed by atoms with Gasteiger partial charge < -0.3 is 25.3 Å². The molecule has 1 aromatic carbocycles. The summed E-state index contributed by atoms with van der Waals surface area (Å²) in [6.07, 6.45) is 5.86. The van der Waals surface area contributed by atoms with Gasteiger partial charge in [-0.05, 0) is 29.3 Å². The number of nitrogens with one attached hydrogen (secondary N) is 1. The van der Waals surface area contributed by atoms with E-state index in [0.717, 1.165) is 16.8 Å². The van der Waals surface area contributed by atoms with E-state index in [1.54, 1.807) is 6.20 Å². The van der Waals surface area contributed by atoms with Crippen LogP contribution in [0.2, 0.25) is 0 Å². The van der Waals surface area contributed by atoms with Crippen molar-refractivity contribution in [3.05, 3.63) is 53.7 Å². The van der Waals surface area contributed by atoms with Crippen molar-refractivity contribution < 1.29 is 14.2 Å². The zero-order chi connectivity index (χ0) is 18.5. The Labute approximate surface area is 155 Å². The van der Waals surface area contributed by atoms with Crippen LogP contribution in [0.4, 0.5) is 5.69 Å². The van der Waals surface area contributed by atoms with Crippen LogP contribution in [-0.4, -0.2) is 51.6 Å². The molecule has 0 fully saturated rings. The fraction of sp³-hybridized carbons (Fsp3) is 0.350. The second-order valence-electron chi connectivity index (χ2n) is 5.50. The van der Waals surface area contributed by atoms with Crippen LogP contribution in [0.3, 0.4) is 0 Å². The summed E-state index contributed by atoms with van der Waals surface area (Å²) in [5, 5.41) is 3.10. The van der Waals surface area contributed by atoms with Crippen LogP contribution in [0.15, 0.2) is 42.6 Å². The van der Waals surface area contributed by atoms with Crippen LogP contribution in [0, 0.1) is 0 Å². The second kappa shape index (κ2) is 12.0. The Balaban J connectivity index is 1.68. The van der Waals surface area contributed by atoms with Crippen molar-refractivity contribution >= 4 is 17.8 Å². The van der Waals surface area contributed by atoms with Crippen LogP contribution in [0.25, 0.3) is 12.2 Å². The number of nitrogens with zero attached hydrogens (tertiary/aromatic N) is 1. The molecule has 0 aliphatic carbocycles. The quantitative estimate of drug-likeness (QED) is 0.569. The Hall–Kier alpha value is -2.41. The van der Waals surface area contributed by atoms with Gasteiger partial charge in [0.05, 0.1) is 26.4 Å². The molecule has 3 N–H and O–H groups in total. The van der Waals surface area contributed by atoms with Crippen LogP contribution < -0.4 is 15.8 Å². The maximum Gasteiger partial charge on any atom is 0.213 e. The van der Waals surface area contributed by atoms with Crippen LogP contribution >= 0.6 is 0 Å². The molecule has 0 spiro atoms. The molecule has 0 saturated carbocycles. The maximum absolute atomic E-state index is 5.55. The summed E-state index contributed by atoms with van der Waals surface area (Å²) >= 11 is 0. The topological polar surface area (TPSA) is 78.6 Å². The molecular formula is C20H27N3O3. The lowest BCUT2D eigenvalue weighted by Crippen LogP contribution is -2.14. The molecule has 0 amide bonds. The number of anilines is 1. The largest absolute Gasteiger partial charge is 0.475 e. The third-order valence-electron chi connectivity index (χ3n) is 3.54.